The fourth-order valence-corrected chi connectivity index (χ4v) is 1.39. The molecule has 0 aromatic rings. The van der Waals surface area contributed by atoms with Crippen molar-refractivity contribution in [1.82, 2.24) is 0 Å². The average Bonchev–Trinajstić information content (AvgIpc) is 2.04. The van der Waals surface area contributed by atoms with E-state index in [2.05, 4.69) is 0 Å². The number of aliphatic hydroxyl groups is 1. The fraction of sp³-hybridized carbons (Fsp3) is 1.00. The molecule has 86 valence electrons. The third-order valence-electron chi connectivity index (χ3n) is 2.48. The highest BCUT2D eigenvalue weighted by Crippen LogP contribution is 2.28. The fourth-order valence-electron chi connectivity index (χ4n) is 1.39. The van der Waals surface area contributed by atoms with Crippen molar-refractivity contribution in [2.75, 3.05) is 6.61 Å². The second-order valence-corrected chi connectivity index (χ2v) is 3.35. The maximum Gasteiger partial charge on any atom is 0.411 e. The summed E-state index contributed by atoms with van der Waals surface area (Å²) in [6.07, 6.45) is -4.53. The molecule has 0 spiro atoms. The molecule has 2 nitrogen and oxygen atoms in total. The predicted octanol–water partition coefficient (Wildman–Crippen LogP) is 2.50. The van der Waals surface area contributed by atoms with Gasteiger partial charge < -0.3 is 9.84 Å². The normalized spacial score (nSPS) is 15.6. The maximum atomic E-state index is 11.9. The van der Waals surface area contributed by atoms with Gasteiger partial charge in [0.05, 0.1) is 11.7 Å². The van der Waals surface area contributed by atoms with Crippen LogP contribution < -0.4 is 0 Å². The van der Waals surface area contributed by atoms with Gasteiger partial charge in [-0.1, -0.05) is 13.8 Å². The zero-order valence-corrected chi connectivity index (χ0v) is 8.69. The van der Waals surface area contributed by atoms with E-state index in [0.29, 0.717) is 12.8 Å². The van der Waals surface area contributed by atoms with Crippen LogP contribution in [-0.2, 0) is 4.74 Å². The Morgan fingerprint density at radius 1 is 1.21 bits per heavy atom. The van der Waals surface area contributed by atoms with Gasteiger partial charge in [-0.3, -0.25) is 0 Å². The van der Waals surface area contributed by atoms with Crippen LogP contribution >= 0.6 is 0 Å². The second kappa shape index (κ2) is 4.98. The largest absolute Gasteiger partial charge is 0.411 e. The van der Waals surface area contributed by atoms with Crippen LogP contribution in [0.5, 0.6) is 0 Å². The molecule has 0 bridgehead atoms. The van der Waals surface area contributed by atoms with Gasteiger partial charge in [0.15, 0.2) is 0 Å². The summed E-state index contributed by atoms with van der Waals surface area (Å²) in [4.78, 5) is 0. The van der Waals surface area contributed by atoms with E-state index >= 15 is 0 Å². The van der Waals surface area contributed by atoms with E-state index in [0.717, 1.165) is 0 Å². The molecule has 0 rings (SSSR count). The molecular weight excluding hydrogens is 197 g/mol. The van der Waals surface area contributed by atoms with Crippen molar-refractivity contribution in [3.05, 3.63) is 0 Å². The number of rotatable bonds is 5. The third kappa shape index (κ3) is 3.84. The molecule has 0 heterocycles. The molecule has 1 unspecified atom stereocenters. The molecule has 0 aliphatic rings. The van der Waals surface area contributed by atoms with E-state index in [1.807, 2.05) is 0 Å². The first-order chi connectivity index (χ1) is 6.27. The summed E-state index contributed by atoms with van der Waals surface area (Å²) in [5, 5.41) is 9.37. The van der Waals surface area contributed by atoms with E-state index < -0.39 is 24.5 Å². The summed E-state index contributed by atoms with van der Waals surface area (Å²) in [6.45, 7) is 3.54. The summed E-state index contributed by atoms with van der Waals surface area (Å²) in [7, 11) is 0. The summed E-state index contributed by atoms with van der Waals surface area (Å²) in [6, 6.07) is 0. The smallest absolute Gasteiger partial charge is 0.390 e. The Labute approximate surface area is 82.1 Å². The monoisotopic (exact) mass is 214 g/mol. The van der Waals surface area contributed by atoms with Gasteiger partial charge in [0.2, 0.25) is 0 Å². The molecule has 0 aromatic heterocycles. The van der Waals surface area contributed by atoms with Gasteiger partial charge in [-0.25, -0.2) is 0 Å². The number of halogens is 3. The van der Waals surface area contributed by atoms with Crippen LogP contribution in [-0.4, -0.2) is 29.6 Å². The van der Waals surface area contributed by atoms with Gasteiger partial charge in [-0.2, -0.15) is 13.2 Å². The van der Waals surface area contributed by atoms with Crippen molar-refractivity contribution in [1.29, 1.82) is 0 Å². The summed E-state index contributed by atoms with van der Waals surface area (Å²) in [5.74, 6) is 0. The Kier molecular flexibility index (Phi) is 4.88. The third-order valence-corrected chi connectivity index (χ3v) is 2.48. The molecule has 1 atom stereocenters. The van der Waals surface area contributed by atoms with Gasteiger partial charge in [0.1, 0.15) is 6.61 Å². The molecule has 0 amide bonds. The molecule has 0 saturated carbocycles. The number of ether oxygens (including phenoxy) is 1. The van der Waals surface area contributed by atoms with Gasteiger partial charge in [-0.15, -0.1) is 0 Å². The van der Waals surface area contributed by atoms with E-state index in [9.17, 15) is 18.3 Å². The van der Waals surface area contributed by atoms with Crippen molar-refractivity contribution < 1.29 is 23.0 Å². The first-order valence-electron chi connectivity index (χ1n) is 4.66. The van der Waals surface area contributed by atoms with Crippen molar-refractivity contribution in [2.24, 2.45) is 0 Å². The van der Waals surface area contributed by atoms with Crippen molar-refractivity contribution in [2.45, 2.75) is 51.5 Å². The molecule has 0 radical (unpaired) electrons. The van der Waals surface area contributed by atoms with Gasteiger partial charge in [-0.05, 0) is 19.8 Å². The highest BCUT2D eigenvalue weighted by Gasteiger charge is 2.38. The van der Waals surface area contributed by atoms with Gasteiger partial charge >= 0.3 is 6.18 Å². The number of hydrogen-bond donors (Lipinski definition) is 1. The molecular formula is C9H17F3O2. The standard InChI is InChI=1S/C9H17F3O2/c1-4-8(5-2,7(3)13)14-6-9(10,11)12/h7,13H,4-6H2,1-3H3. The molecule has 0 fully saturated rings. The van der Waals surface area contributed by atoms with Gasteiger partial charge in [0.25, 0.3) is 0 Å². The lowest BCUT2D eigenvalue weighted by molar-refractivity contribution is -0.223. The van der Waals surface area contributed by atoms with Crippen LogP contribution in [0.3, 0.4) is 0 Å². The first kappa shape index (κ1) is 13.7. The summed E-state index contributed by atoms with van der Waals surface area (Å²) >= 11 is 0. The van der Waals surface area contributed by atoms with Crippen molar-refractivity contribution >= 4 is 0 Å². The number of alkyl halides is 3. The lowest BCUT2D eigenvalue weighted by Gasteiger charge is -2.35. The Hall–Kier alpha value is -0.290. The highest BCUT2D eigenvalue weighted by molar-refractivity contribution is 4.83. The van der Waals surface area contributed by atoms with E-state index in [4.69, 9.17) is 4.74 Å². The van der Waals surface area contributed by atoms with Crippen LogP contribution in [0, 0.1) is 0 Å². The molecule has 0 aliphatic carbocycles. The van der Waals surface area contributed by atoms with E-state index in [-0.39, 0.29) is 0 Å². The minimum Gasteiger partial charge on any atom is -0.390 e. The van der Waals surface area contributed by atoms with Crippen LogP contribution in [0.4, 0.5) is 13.2 Å². The number of aliphatic hydroxyl groups excluding tert-OH is 1. The molecule has 5 heteroatoms. The molecule has 0 aliphatic heterocycles. The van der Waals surface area contributed by atoms with Crippen molar-refractivity contribution in [3.8, 4) is 0 Å². The lowest BCUT2D eigenvalue weighted by atomic mass is 9.91. The zero-order chi connectivity index (χ0) is 11.4. The second-order valence-electron chi connectivity index (χ2n) is 3.35. The van der Waals surface area contributed by atoms with E-state index in [1.165, 1.54) is 6.92 Å². The van der Waals surface area contributed by atoms with Gasteiger partial charge in [0, 0.05) is 0 Å². The summed E-state index contributed by atoms with van der Waals surface area (Å²) < 4.78 is 40.5. The van der Waals surface area contributed by atoms with Crippen LogP contribution in [0.15, 0.2) is 0 Å². The molecule has 0 saturated heterocycles. The SMILES string of the molecule is CCC(CC)(OCC(F)(F)F)C(C)O. The Morgan fingerprint density at radius 3 is 1.86 bits per heavy atom. The highest BCUT2D eigenvalue weighted by atomic mass is 19.4. The average molecular weight is 214 g/mol. The first-order valence-corrected chi connectivity index (χ1v) is 4.66. The quantitative estimate of drug-likeness (QED) is 0.762. The predicted molar refractivity (Wildman–Crippen MR) is 47.0 cm³/mol. The number of hydrogen-bond acceptors (Lipinski definition) is 2. The summed E-state index contributed by atoms with van der Waals surface area (Å²) in [5.41, 5.74) is -1.07. The maximum absolute atomic E-state index is 11.9. The van der Waals surface area contributed by atoms with Crippen LogP contribution in [0.2, 0.25) is 0 Å². The minimum atomic E-state index is -4.34. The zero-order valence-electron chi connectivity index (χ0n) is 8.69. The molecule has 14 heavy (non-hydrogen) atoms. The molecule has 1 N–H and O–H groups in total. The van der Waals surface area contributed by atoms with Crippen LogP contribution in [0.1, 0.15) is 33.6 Å². The van der Waals surface area contributed by atoms with Crippen LogP contribution in [0.25, 0.3) is 0 Å². The Balaban J connectivity index is 4.37. The topological polar surface area (TPSA) is 29.5 Å². The Bertz CT molecular complexity index is 162. The minimum absolute atomic E-state index is 0.358. The van der Waals surface area contributed by atoms with Crippen molar-refractivity contribution in [3.63, 3.8) is 0 Å². The molecule has 0 aromatic carbocycles. The van der Waals surface area contributed by atoms with E-state index in [1.54, 1.807) is 13.8 Å². The lowest BCUT2D eigenvalue weighted by Crippen LogP contribution is -2.44. The Morgan fingerprint density at radius 2 is 1.64 bits per heavy atom.